The number of ether oxygens (including phenoxy) is 2. The van der Waals surface area contributed by atoms with Crippen LogP contribution in [0.5, 0.6) is 0 Å². The molecule has 0 bridgehead atoms. The van der Waals surface area contributed by atoms with Gasteiger partial charge in [-0.05, 0) is 12.8 Å². The third-order valence-electron chi connectivity index (χ3n) is 1.72. The van der Waals surface area contributed by atoms with E-state index in [0.717, 1.165) is 0 Å². The molecule has 0 amide bonds. The van der Waals surface area contributed by atoms with E-state index in [-0.39, 0.29) is 0 Å². The molecule has 2 nitrogen and oxygen atoms in total. The first-order valence-corrected chi connectivity index (χ1v) is 3.54. The molecule has 2 heteroatoms. The van der Waals surface area contributed by atoms with Gasteiger partial charge in [-0.1, -0.05) is 12.8 Å². The van der Waals surface area contributed by atoms with Crippen molar-refractivity contribution in [2.75, 3.05) is 13.9 Å². The van der Waals surface area contributed by atoms with Crippen molar-refractivity contribution < 1.29 is 9.47 Å². The summed E-state index contributed by atoms with van der Waals surface area (Å²) < 4.78 is 10.1. The van der Waals surface area contributed by atoms with Crippen molar-refractivity contribution >= 4 is 0 Å². The van der Waals surface area contributed by atoms with Crippen molar-refractivity contribution in [1.29, 1.82) is 0 Å². The fourth-order valence-electron chi connectivity index (χ4n) is 1.22. The smallest absolute Gasteiger partial charge is 0.146 e. The molecule has 0 unspecified atom stereocenters. The molecule has 1 aliphatic rings. The molecule has 54 valence electrons. The van der Waals surface area contributed by atoms with Crippen LogP contribution in [0.1, 0.15) is 25.7 Å². The summed E-state index contributed by atoms with van der Waals surface area (Å²) in [6.45, 7) is 0.463. The monoisotopic (exact) mass is 130 g/mol. The van der Waals surface area contributed by atoms with Gasteiger partial charge in [0.05, 0.1) is 6.10 Å². The highest BCUT2D eigenvalue weighted by atomic mass is 16.7. The second-order valence-corrected chi connectivity index (χ2v) is 2.48. The van der Waals surface area contributed by atoms with Gasteiger partial charge in [-0.25, -0.2) is 0 Å². The Morgan fingerprint density at radius 1 is 1.33 bits per heavy atom. The van der Waals surface area contributed by atoms with E-state index in [9.17, 15) is 0 Å². The second kappa shape index (κ2) is 3.85. The Kier molecular flexibility index (Phi) is 3.01. The highest BCUT2D eigenvalue weighted by Gasteiger charge is 2.14. The molecule has 0 aromatic carbocycles. The summed E-state index contributed by atoms with van der Waals surface area (Å²) in [6, 6.07) is 0. The third kappa shape index (κ3) is 2.33. The van der Waals surface area contributed by atoms with Gasteiger partial charge in [0.1, 0.15) is 6.79 Å². The van der Waals surface area contributed by atoms with Crippen molar-refractivity contribution in [2.24, 2.45) is 0 Å². The molecule has 0 aromatic rings. The number of rotatable bonds is 3. The summed E-state index contributed by atoms with van der Waals surface area (Å²) >= 11 is 0. The van der Waals surface area contributed by atoms with Crippen LogP contribution in [0, 0.1) is 0 Å². The maximum Gasteiger partial charge on any atom is 0.146 e. The predicted molar refractivity (Wildman–Crippen MR) is 35.2 cm³/mol. The SMILES string of the molecule is COCOC1CCCC1. The highest BCUT2D eigenvalue weighted by Crippen LogP contribution is 2.20. The highest BCUT2D eigenvalue weighted by molar-refractivity contribution is 4.65. The van der Waals surface area contributed by atoms with Crippen LogP contribution in [0.4, 0.5) is 0 Å². The lowest BCUT2D eigenvalue weighted by Crippen LogP contribution is -2.09. The summed E-state index contributed by atoms with van der Waals surface area (Å²) in [5.41, 5.74) is 0. The van der Waals surface area contributed by atoms with E-state index in [0.29, 0.717) is 12.9 Å². The molecule has 9 heavy (non-hydrogen) atoms. The van der Waals surface area contributed by atoms with E-state index in [1.165, 1.54) is 25.7 Å². The summed E-state index contributed by atoms with van der Waals surface area (Å²) in [5, 5.41) is 0. The van der Waals surface area contributed by atoms with Crippen molar-refractivity contribution in [2.45, 2.75) is 31.8 Å². The Morgan fingerprint density at radius 2 is 2.00 bits per heavy atom. The van der Waals surface area contributed by atoms with Gasteiger partial charge >= 0.3 is 0 Å². The van der Waals surface area contributed by atoms with Gasteiger partial charge in [0.25, 0.3) is 0 Å². The lowest BCUT2D eigenvalue weighted by molar-refractivity contribution is -0.0686. The van der Waals surface area contributed by atoms with Gasteiger partial charge in [0.15, 0.2) is 0 Å². The van der Waals surface area contributed by atoms with Gasteiger partial charge < -0.3 is 9.47 Å². The van der Waals surface area contributed by atoms with Crippen LogP contribution in [0.15, 0.2) is 0 Å². The average Bonchev–Trinajstić information content (AvgIpc) is 2.34. The first-order chi connectivity index (χ1) is 4.43. The average molecular weight is 130 g/mol. The molecule has 0 aromatic heterocycles. The zero-order valence-electron chi connectivity index (χ0n) is 5.93. The second-order valence-electron chi connectivity index (χ2n) is 2.48. The maximum absolute atomic E-state index is 5.33. The molecule has 0 N–H and O–H groups in total. The van der Waals surface area contributed by atoms with Crippen molar-refractivity contribution in [3.63, 3.8) is 0 Å². The van der Waals surface area contributed by atoms with E-state index in [1.54, 1.807) is 7.11 Å². The zero-order chi connectivity index (χ0) is 6.53. The minimum Gasteiger partial charge on any atom is -0.359 e. The Balaban J connectivity index is 1.98. The predicted octanol–water partition coefficient (Wildman–Crippen LogP) is 1.55. The summed E-state index contributed by atoms with van der Waals surface area (Å²) in [5.74, 6) is 0. The number of hydrogen-bond acceptors (Lipinski definition) is 2. The quantitative estimate of drug-likeness (QED) is 0.540. The number of methoxy groups -OCH3 is 1. The van der Waals surface area contributed by atoms with Crippen molar-refractivity contribution in [3.8, 4) is 0 Å². The lowest BCUT2D eigenvalue weighted by Gasteiger charge is -2.08. The summed E-state index contributed by atoms with van der Waals surface area (Å²) in [7, 11) is 1.66. The molecule has 1 saturated carbocycles. The van der Waals surface area contributed by atoms with Gasteiger partial charge in [-0.2, -0.15) is 0 Å². The van der Waals surface area contributed by atoms with Gasteiger partial charge in [0.2, 0.25) is 0 Å². The van der Waals surface area contributed by atoms with Crippen LogP contribution in [-0.4, -0.2) is 20.0 Å². The van der Waals surface area contributed by atoms with Gasteiger partial charge in [-0.3, -0.25) is 0 Å². The molecular formula is C7H14O2. The molecule has 0 heterocycles. The molecule has 0 radical (unpaired) electrons. The third-order valence-corrected chi connectivity index (χ3v) is 1.72. The Labute approximate surface area is 56.2 Å². The van der Waals surface area contributed by atoms with Crippen molar-refractivity contribution in [3.05, 3.63) is 0 Å². The molecule has 1 fully saturated rings. The minimum atomic E-state index is 0.463. The summed E-state index contributed by atoms with van der Waals surface area (Å²) in [6.07, 6.45) is 5.60. The Hall–Kier alpha value is -0.0800. The van der Waals surface area contributed by atoms with E-state index in [1.807, 2.05) is 0 Å². The Morgan fingerprint density at radius 3 is 2.56 bits per heavy atom. The topological polar surface area (TPSA) is 18.5 Å². The normalized spacial score (nSPS) is 21.0. The van der Waals surface area contributed by atoms with E-state index in [4.69, 9.17) is 9.47 Å². The molecule has 0 aliphatic heterocycles. The van der Waals surface area contributed by atoms with Crippen molar-refractivity contribution in [1.82, 2.24) is 0 Å². The van der Waals surface area contributed by atoms with E-state index in [2.05, 4.69) is 0 Å². The van der Waals surface area contributed by atoms with Crippen LogP contribution in [0.2, 0.25) is 0 Å². The first-order valence-electron chi connectivity index (χ1n) is 3.54. The fraction of sp³-hybridized carbons (Fsp3) is 1.00. The fourth-order valence-corrected chi connectivity index (χ4v) is 1.22. The zero-order valence-corrected chi connectivity index (χ0v) is 5.93. The molecular weight excluding hydrogens is 116 g/mol. The lowest BCUT2D eigenvalue weighted by atomic mass is 10.3. The standard InChI is InChI=1S/C7H14O2/c1-8-6-9-7-4-2-3-5-7/h7H,2-6H2,1H3. The molecule has 0 spiro atoms. The van der Waals surface area contributed by atoms with Crippen LogP contribution >= 0.6 is 0 Å². The molecule has 0 saturated heterocycles. The number of hydrogen-bond donors (Lipinski definition) is 0. The molecule has 1 aliphatic carbocycles. The first kappa shape index (κ1) is 7.03. The largest absolute Gasteiger partial charge is 0.359 e. The van der Waals surface area contributed by atoms with Crippen LogP contribution in [-0.2, 0) is 9.47 Å². The minimum absolute atomic E-state index is 0.463. The molecule has 1 rings (SSSR count). The van der Waals surface area contributed by atoms with E-state index >= 15 is 0 Å². The van der Waals surface area contributed by atoms with Crippen LogP contribution in [0.3, 0.4) is 0 Å². The summed E-state index contributed by atoms with van der Waals surface area (Å²) in [4.78, 5) is 0. The van der Waals surface area contributed by atoms with Gasteiger partial charge in [0, 0.05) is 7.11 Å². The van der Waals surface area contributed by atoms with Gasteiger partial charge in [-0.15, -0.1) is 0 Å². The van der Waals surface area contributed by atoms with E-state index < -0.39 is 0 Å². The molecule has 0 atom stereocenters. The van der Waals surface area contributed by atoms with Crippen LogP contribution < -0.4 is 0 Å². The maximum atomic E-state index is 5.33. The Bertz CT molecular complexity index is 67.3. The van der Waals surface area contributed by atoms with Crippen LogP contribution in [0.25, 0.3) is 0 Å².